The van der Waals surface area contributed by atoms with E-state index in [1.165, 1.54) is 21.9 Å². The summed E-state index contributed by atoms with van der Waals surface area (Å²) in [5.74, 6) is 0.785. The number of aryl methyl sites for hydroxylation is 2. The Bertz CT molecular complexity index is 2460. The molecule has 0 unspecified atom stereocenters. The lowest BCUT2D eigenvalue weighted by Crippen LogP contribution is -2.00. The van der Waals surface area contributed by atoms with E-state index in [-0.39, 0.29) is 0 Å². The second kappa shape index (κ2) is 11.6. The maximum atomic E-state index is 5.95. The minimum atomic E-state index is 0.453. The summed E-state index contributed by atoms with van der Waals surface area (Å²) in [5, 5.41) is 15.3. The van der Waals surface area contributed by atoms with E-state index in [9.17, 15) is 0 Å². The van der Waals surface area contributed by atoms with Gasteiger partial charge in [0.05, 0.1) is 31.5 Å². The van der Waals surface area contributed by atoms with E-state index < -0.39 is 0 Å². The van der Waals surface area contributed by atoms with E-state index in [2.05, 4.69) is 74.5 Å². The SMILES string of the molecule is Cc1ccc(Nc2ccc3ncc(-c4cc5ccncc5s4)n3n2)cc1C.Clc1ccc2ncc(-c3cc4ccncc4s3)n2n1. The molecule has 0 radical (unpaired) electrons. The Morgan fingerprint density at radius 2 is 1.24 bits per heavy atom. The topological polar surface area (TPSA) is 98.2 Å². The fourth-order valence-corrected chi connectivity index (χ4v) is 7.30. The minimum Gasteiger partial charge on any atom is -0.339 e. The zero-order valence-corrected chi connectivity index (χ0v) is 27.0. The molecule has 9 aromatic rings. The summed E-state index contributed by atoms with van der Waals surface area (Å²) in [7, 11) is 0. The molecular weight excluding hydrogens is 634 g/mol. The first-order valence-electron chi connectivity index (χ1n) is 14.4. The molecule has 8 aromatic heterocycles. The Balaban J connectivity index is 0.000000144. The van der Waals surface area contributed by atoms with E-state index in [4.69, 9.17) is 16.7 Å². The molecule has 0 saturated carbocycles. The highest BCUT2D eigenvalue weighted by molar-refractivity contribution is 7.22. The maximum absolute atomic E-state index is 5.95. The van der Waals surface area contributed by atoms with Crippen LogP contribution in [0.4, 0.5) is 11.5 Å². The van der Waals surface area contributed by atoms with Gasteiger partial charge < -0.3 is 5.32 Å². The zero-order valence-electron chi connectivity index (χ0n) is 24.6. The summed E-state index contributed by atoms with van der Waals surface area (Å²) < 4.78 is 5.96. The van der Waals surface area contributed by atoms with Crippen LogP contribution in [0.1, 0.15) is 11.1 Å². The average Bonchev–Trinajstić information content (AvgIpc) is 3.86. The van der Waals surface area contributed by atoms with Crippen LogP contribution < -0.4 is 5.32 Å². The van der Waals surface area contributed by atoms with Crippen LogP contribution in [-0.4, -0.2) is 39.2 Å². The average molecular weight is 658 g/mol. The van der Waals surface area contributed by atoms with Gasteiger partial charge in [-0.15, -0.1) is 27.8 Å². The lowest BCUT2D eigenvalue weighted by Gasteiger charge is -2.08. The van der Waals surface area contributed by atoms with Crippen molar-refractivity contribution in [3.05, 3.63) is 120 Å². The predicted octanol–water partition coefficient (Wildman–Crippen LogP) is 9.03. The molecule has 0 bridgehead atoms. The number of thiophene rings is 2. The summed E-state index contributed by atoms with van der Waals surface area (Å²) in [6, 6.07) is 22.2. The first-order valence-corrected chi connectivity index (χ1v) is 16.4. The Morgan fingerprint density at radius 3 is 1.85 bits per heavy atom. The highest BCUT2D eigenvalue weighted by Crippen LogP contribution is 2.34. The molecule has 0 fully saturated rings. The van der Waals surface area contributed by atoms with Crippen molar-refractivity contribution in [1.29, 1.82) is 0 Å². The molecule has 0 aliphatic carbocycles. The number of nitrogens with zero attached hydrogens (tertiary/aromatic N) is 8. The van der Waals surface area contributed by atoms with Gasteiger partial charge in [-0.2, -0.15) is 5.10 Å². The van der Waals surface area contributed by atoms with E-state index in [1.807, 2.05) is 65.8 Å². The van der Waals surface area contributed by atoms with Crippen LogP contribution in [0.15, 0.2) is 104 Å². The van der Waals surface area contributed by atoms with Gasteiger partial charge in [-0.25, -0.2) is 19.0 Å². The number of imidazole rings is 2. The van der Waals surface area contributed by atoms with Crippen molar-refractivity contribution in [2.24, 2.45) is 0 Å². The van der Waals surface area contributed by atoms with Gasteiger partial charge in [0, 0.05) is 30.5 Å². The Morgan fingerprint density at radius 1 is 0.630 bits per heavy atom. The van der Waals surface area contributed by atoms with Gasteiger partial charge in [0.1, 0.15) is 16.5 Å². The van der Waals surface area contributed by atoms with Gasteiger partial charge >= 0.3 is 0 Å². The monoisotopic (exact) mass is 657 g/mol. The van der Waals surface area contributed by atoms with Crippen LogP contribution in [0.25, 0.3) is 52.6 Å². The zero-order chi connectivity index (χ0) is 31.2. The lowest BCUT2D eigenvalue weighted by atomic mass is 10.1. The third-order valence-corrected chi connectivity index (χ3v) is 10.0. The summed E-state index contributed by atoms with van der Waals surface area (Å²) in [6.07, 6.45) is 11.1. The van der Waals surface area contributed by atoms with Crippen molar-refractivity contribution in [1.82, 2.24) is 39.2 Å². The Hall–Kier alpha value is -5.23. The number of anilines is 2. The molecule has 0 aliphatic heterocycles. The van der Waals surface area contributed by atoms with Crippen molar-refractivity contribution in [2.75, 3.05) is 5.32 Å². The third-order valence-electron chi connectivity index (χ3n) is 7.62. The largest absolute Gasteiger partial charge is 0.339 e. The van der Waals surface area contributed by atoms with Crippen molar-refractivity contribution >= 4 is 77.2 Å². The summed E-state index contributed by atoms with van der Waals surface area (Å²) >= 11 is 9.32. The molecule has 8 heterocycles. The van der Waals surface area contributed by atoms with Crippen LogP contribution >= 0.6 is 34.3 Å². The number of benzene rings is 1. The molecule has 0 spiro atoms. The Labute approximate surface area is 275 Å². The molecule has 1 N–H and O–H groups in total. The number of hydrogen-bond acceptors (Lipinski definition) is 9. The second-order valence-electron chi connectivity index (χ2n) is 10.7. The van der Waals surface area contributed by atoms with Gasteiger partial charge in [-0.05, 0) is 96.4 Å². The smallest absolute Gasteiger partial charge is 0.154 e. The number of aromatic nitrogens is 8. The van der Waals surface area contributed by atoms with Crippen LogP contribution in [0.3, 0.4) is 0 Å². The molecule has 9 rings (SSSR count). The number of hydrogen-bond donors (Lipinski definition) is 1. The first kappa shape index (κ1) is 28.3. The van der Waals surface area contributed by atoms with Gasteiger partial charge in [0.15, 0.2) is 17.1 Å². The molecule has 0 atom stereocenters. The Kier molecular flexibility index (Phi) is 7.13. The van der Waals surface area contributed by atoms with Crippen LogP contribution in [0.5, 0.6) is 0 Å². The minimum absolute atomic E-state index is 0.453. The summed E-state index contributed by atoms with van der Waals surface area (Å²) in [6.45, 7) is 4.23. The molecule has 1 aromatic carbocycles. The van der Waals surface area contributed by atoms with Crippen LogP contribution in [-0.2, 0) is 0 Å². The first-order chi connectivity index (χ1) is 22.5. The molecule has 0 amide bonds. The highest BCUT2D eigenvalue weighted by atomic mass is 35.5. The normalized spacial score (nSPS) is 11.4. The predicted molar refractivity (Wildman–Crippen MR) is 187 cm³/mol. The standard InChI is InChI=1S/C21H17N5S.C13H7ClN4S/c1-13-3-4-16(9-14(13)2)24-20-5-6-21-23-11-17(26(21)25-20)18-10-15-7-8-22-12-19(15)27-18;14-12-1-2-13-16-6-9(18(13)17-12)10-5-8-3-4-15-7-11(8)19-10/h3-12H,1-2H3,(H,24,25);1-7H. The number of rotatable bonds is 4. The van der Waals surface area contributed by atoms with Crippen molar-refractivity contribution in [3.8, 4) is 21.1 Å². The van der Waals surface area contributed by atoms with Crippen molar-refractivity contribution in [3.63, 3.8) is 0 Å². The van der Waals surface area contributed by atoms with Gasteiger partial charge in [-0.3, -0.25) is 9.97 Å². The van der Waals surface area contributed by atoms with Gasteiger partial charge in [-0.1, -0.05) is 17.7 Å². The fraction of sp³-hybridized carbons (Fsp3) is 0.0588. The van der Waals surface area contributed by atoms with Crippen molar-refractivity contribution < 1.29 is 0 Å². The van der Waals surface area contributed by atoms with Crippen molar-refractivity contribution in [2.45, 2.75) is 13.8 Å². The highest BCUT2D eigenvalue weighted by Gasteiger charge is 2.13. The molecule has 12 heteroatoms. The van der Waals surface area contributed by atoms with E-state index in [0.29, 0.717) is 5.15 Å². The molecular formula is C34H24ClN9S2. The van der Waals surface area contributed by atoms with Gasteiger partial charge in [0.2, 0.25) is 0 Å². The number of fused-ring (bicyclic) bond motifs is 4. The molecule has 224 valence electrons. The summed E-state index contributed by atoms with van der Waals surface area (Å²) in [5.41, 5.74) is 7.10. The number of halogens is 1. The maximum Gasteiger partial charge on any atom is 0.154 e. The quantitative estimate of drug-likeness (QED) is 0.202. The molecule has 9 nitrogen and oxygen atoms in total. The summed E-state index contributed by atoms with van der Waals surface area (Å²) in [4.78, 5) is 19.4. The third kappa shape index (κ3) is 5.34. The van der Waals surface area contributed by atoms with E-state index in [1.54, 1.807) is 39.5 Å². The second-order valence-corrected chi connectivity index (χ2v) is 13.2. The molecule has 46 heavy (non-hydrogen) atoms. The number of nitrogens with one attached hydrogen (secondary N) is 1. The van der Waals surface area contributed by atoms with Crippen LogP contribution in [0.2, 0.25) is 5.15 Å². The fourth-order valence-electron chi connectivity index (χ4n) is 5.12. The van der Waals surface area contributed by atoms with E-state index >= 15 is 0 Å². The molecule has 0 aliphatic rings. The number of pyridine rings is 2. The van der Waals surface area contributed by atoms with Gasteiger partial charge in [0.25, 0.3) is 0 Å². The lowest BCUT2D eigenvalue weighted by molar-refractivity contribution is 0.945. The van der Waals surface area contributed by atoms with E-state index in [0.717, 1.165) is 53.3 Å². The van der Waals surface area contributed by atoms with Crippen LogP contribution in [0, 0.1) is 13.8 Å². The molecule has 0 saturated heterocycles.